The molecule has 94 valence electrons. The van der Waals surface area contributed by atoms with Crippen molar-refractivity contribution in [1.29, 1.82) is 0 Å². The van der Waals surface area contributed by atoms with E-state index in [-0.39, 0.29) is 5.78 Å². The normalized spacial score (nSPS) is 18.6. The number of nitrogens with zero attached hydrogens (tertiary/aromatic N) is 2. The number of carbonyl (C=O) groups is 1. The maximum Gasteiger partial charge on any atom is 0.158 e. The second-order valence-corrected chi connectivity index (χ2v) is 5.73. The van der Waals surface area contributed by atoms with E-state index in [9.17, 15) is 4.79 Å². The Morgan fingerprint density at radius 2 is 2.12 bits per heavy atom. The molecule has 1 aliphatic carbocycles. The van der Waals surface area contributed by atoms with E-state index in [2.05, 4.69) is 21.0 Å². The molecule has 2 N–H and O–H groups in total. The van der Waals surface area contributed by atoms with Crippen LogP contribution in [0.4, 0.5) is 0 Å². The van der Waals surface area contributed by atoms with Crippen molar-refractivity contribution in [2.24, 2.45) is 12.8 Å². The Bertz CT molecular complexity index is 447. The number of Topliss-reactive ketones (excluding diaryl/α,β-unsaturated/α-hetero) is 1. The largest absolute Gasteiger partial charge is 0.319 e. The van der Waals surface area contributed by atoms with Crippen molar-refractivity contribution in [1.82, 2.24) is 9.78 Å². The highest BCUT2D eigenvalue weighted by Crippen LogP contribution is 2.30. The molecular weight excluding hydrogens is 282 g/mol. The maximum atomic E-state index is 12.3. The van der Waals surface area contributed by atoms with Gasteiger partial charge in [-0.2, -0.15) is 5.10 Å². The molecule has 0 saturated heterocycles. The maximum absolute atomic E-state index is 12.3. The third-order valence-electron chi connectivity index (χ3n) is 3.64. The summed E-state index contributed by atoms with van der Waals surface area (Å²) in [6.07, 6.45) is 4.14. The Kier molecular flexibility index (Phi) is 3.41. The van der Waals surface area contributed by atoms with Gasteiger partial charge in [0.2, 0.25) is 0 Å². The molecule has 2 rings (SSSR count). The van der Waals surface area contributed by atoms with E-state index in [1.165, 1.54) is 0 Å². The second-order valence-electron chi connectivity index (χ2n) is 4.93. The average Bonchev–Trinajstić information content (AvgIpc) is 2.80. The summed E-state index contributed by atoms with van der Waals surface area (Å²) in [7, 11) is 1.86. The minimum atomic E-state index is -0.600. The van der Waals surface area contributed by atoms with Gasteiger partial charge in [-0.05, 0) is 35.7 Å². The van der Waals surface area contributed by atoms with Gasteiger partial charge in [-0.15, -0.1) is 0 Å². The summed E-state index contributed by atoms with van der Waals surface area (Å²) >= 11 is 3.48. The molecule has 5 heteroatoms. The highest BCUT2D eigenvalue weighted by molar-refractivity contribution is 9.10. The molecule has 17 heavy (non-hydrogen) atoms. The van der Waals surface area contributed by atoms with Gasteiger partial charge < -0.3 is 5.73 Å². The number of aryl methyl sites for hydroxylation is 2. The number of ketones is 1. The summed E-state index contributed by atoms with van der Waals surface area (Å²) < 4.78 is 2.69. The molecule has 0 atom stereocenters. The van der Waals surface area contributed by atoms with Crippen molar-refractivity contribution in [3.8, 4) is 0 Å². The predicted octanol–water partition coefficient (Wildman–Crippen LogP) is 1.87. The lowest BCUT2D eigenvalue weighted by atomic mass is 9.90. The van der Waals surface area contributed by atoms with E-state index in [0.717, 1.165) is 41.5 Å². The number of rotatable bonds is 3. The van der Waals surface area contributed by atoms with Crippen LogP contribution in [0.2, 0.25) is 0 Å². The van der Waals surface area contributed by atoms with Crippen molar-refractivity contribution >= 4 is 21.7 Å². The monoisotopic (exact) mass is 299 g/mol. The van der Waals surface area contributed by atoms with Gasteiger partial charge in [0.05, 0.1) is 27.8 Å². The predicted molar refractivity (Wildman–Crippen MR) is 69.7 cm³/mol. The fourth-order valence-electron chi connectivity index (χ4n) is 2.48. The van der Waals surface area contributed by atoms with Crippen LogP contribution in [-0.2, 0) is 18.3 Å². The van der Waals surface area contributed by atoms with Crippen LogP contribution in [0.3, 0.4) is 0 Å². The first-order valence-electron chi connectivity index (χ1n) is 5.94. The summed E-state index contributed by atoms with van der Waals surface area (Å²) in [6, 6.07) is 0. The first-order valence-corrected chi connectivity index (χ1v) is 6.73. The van der Waals surface area contributed by atoms with E-state index in [1.54, 1.807) is 4.68 Å². The molecular formula is C12H18BrN3O. The zero-order valence-electron chi connectivity index (χ0n) is 10.3. The molecule has 0 aliphatic heterocycles. The minimum Gasteiger partial charge on any atom is -0.319 e. The molecule has 0 bridgehead atoms. The fourth-order valence-corrected chi connectivity index (χ4v) is 2.96. The molecule has 1 aliphatic rings. The topological polar surface area (TPSA) is 60.9 Å². The molecule has 0 spiro atoms. The molecule has 1 saturated carbocycles. The lowest BCUT2D eigenvalue weighted by Crippen LogP contribution is -2.46. The molecule has 0 radical (unpaired) electrons. The van der Waals surface area contributed by atoms with Crippen LogP contribution in [0, 0.1) is 6.92 Å². The average molecular weight is 300 g/mol. The third-order valence-corrected chi connectivity index (χ3v) is 4.67. The lowest BCUT2D eigenvalue weighted by Gasteiger charge is -2.21. The quantitative estimate of drug-likeness (QED) is 0.927. The number of hydrogen-bond donors (Lipinski definition) is 1. The number of aromatic nitrogens is 2. The van der Waals surface area contributed by atoms with Crippen LogP contribution in [0.15, 0.2) is 4.47 Å². The van der Waals surface area contributed by atoms with E-state index < -0.39 is 5.54 Å². The first kappa shape index (κ1) is 12.8. The zero-order valence-corrected chi connectivity index (χ0v) is 11.9. The molecule has 4 nitrogen and oxygen atoms in total. The van der Waals surface area contributed by atoms with Gasteiger partial charge in [0.1, 0.15) is 0 Å². The highest BCUT2D eigenvalue weighted by Gasteiger charge is 2.37. The minimum absolute atomic E-state index is 0.138. The van der Waals surface area contributed by atoms with Crippen molar-refractivity contribution < 1.29 is 4.79 Å². The fraction of sp³-hybridized carbons (Fsp3) is 0.667. The van der Waals surface area contributed by atoms with Crippen molar-refractivity contribution in [3.63, 3.8) is 0 Å². The molecule has 1 heterocycles. The van der Waals surface area contributed by atoms with Crippen molar-refractivity contribution in [2.75, 3.05) is 0 Å². The smallest absolute Gasteiger partial charge is 0.158 e. The first-order chi connectivity index (χ1) is 7.94. The van der Waals surface area contributed by atoms with Crippen molar-refractivity contribution in [3.05, 3.63) is 15.9 Å². The lowest BCUT2D eigenvalue weighted by molar-refractivity contribution is -0.123. The molecule has 0 aromatic carbocycles. The van der Waals surface area contributed by atoms with Crippen LogP contribution in [-0.4, -0.2) is 21.1 Å². The molecule has 0 unspecified atom stereocenters. The standard InChI is InChI=1S/C12H18BrN3O/c1-8-11(13)9(16(2)15-8)7-10(17)12(14)5-3-4-6-12/h3-7,14H2,1-2H3. The van der Waals surface area contributed by atoms with Crippen LogP contribution < -0.4 is 5.73 Å². The number of halogens is 1. The summed E-state index contributed by atoms with van der Waals surface area (Å²) in [6.45, 7) is 1.92. The van der Waals surface area contributed by atoms with Gasteiger partial charge in [0.15, 0.2) is 5.78 Å². The Morgan fingerprint density at radius 3 is 2.59 bits per heavy atom. The van der Waals surface area contributed by atoms with Gasteiger partial charge in [-0.25, -0.2) is 0 Å². The SMILES string of the molecule is Cc1nn(C)c(CC(=O)C2(N)CCCC2)c1Br. The van der Waals surface area contributed by atoms with Crippen LogP contribution in [0.25, 0.3) is 0 Å². The molecule has 0 amide bonds. The Morgan fingerprint density at radius 1 is 1.53 bits per heavy atom. The molecule has 1 fully saturated rings. The number of carbonyl (C=O) groups excluding carboxylic acids is 1. The van der Waals surface area contributed by atoms with Crippen molar-refractivity contribution in [2.45, 2.75) is 44.6 Å². The van der Waals surface area contributed by atoms with E-state index in [1.807, 2.05) is 14.0 Å². The summed E-state index contributed by atoms with van der Waals surface area (Å²) in [5.41, 5.74) is 7.39. The molecule has 1 aromatic heterocycles. The summed E-state index contributed by atoms with van der Waals surface area (Å²) in [5.74, 6) is 0.138. The third kappa shape index (κ3) is 2.31. The van der Waals surface area contributed by atoms with E-state index in [4.69, 9.17) is 5.73 Å². The van der Waals surface area contributed by atoms with Crippen LogP contribution in [0.5, 0.6) is 0 Å². The van der Waals surface area contributed by atoms with Crippen LogP contribution >= 0.6 is 15.9 Å². The van der Waals surface area contributed by atoms with Crippen LogP contribution in [0.1, 0.15) is 37.1 Å². The summed E-state index contributed by atoms with van der Waals surface area (Å²) in [4.78, 5) is 12.3. The van der Waals surface area contributed by atoms with Gasteiger partial charge >= 0.3 is 0 Å². The number of nitrogens with two attached hydrogens (primary N) is 1. The van der Waals surface area contributed by atoms with Gasteiger partial charge in [0, 0.05) is 7.05 Å². The molecule has 1 aromatic rings. The van der Waals surface area contributed by atoms with E-state index >= 15 is 0 Å². The Hall–Kier alpha value is -0.680. The van der Waals surface area contributed by atoms with E-state index in [0.29, 0.717) is 6.42 Å². The highest BCUT2D eigenvalue weighted by atomic mass is 79.9. The van der Waals surface area contributed by atoms with Gasteiger partial charge in [-0.1, -0.05) is 12.8 Å². The van der Waals surface area contributed by atoms with Gasteiger partial charge in [-0.3, -0.25) is 9.48 Å². The Balaban J connectivity index is 2.18. The second kappa shape index (κ2) is 4.53. The Labute approximate surface area is 110 Å². The number of hydrogen-bond acceptors (Lipinski definition) is 3. The van der Waals surface area contributed by atoms with Gasteiger partial charge in [0.25, 0.3) is 0 Å². The zero-order chi connectivity index (χ0) is 12.6. The summed E-state index contributed by atoms with van der Waals surface area (Å²) in [5, 5.41) is 4.29.